The zero-order valence-electron chi connectivity index (χ0n) is 22.8. The number of aliphatic carboxylic acids is 1. The van der Waals surface area contributed by atoms with Crippen LogP contribution in [0.1, 0.15) is 84.0 Å². The number of rotatable bonds is 20. The van der Waals surface area contributed by atoms with Crippen LogP contribution in [0.15, 0.2) is 0 Å². The molecule has 1 aliphatic heterocycles. The Morgan fingerprint density at radius 2 is 1.36 bits per heavy atom. The molecule has 1 aliphatic rings. The van der Waals surface area contributed by atoms with Gasteiger partial charge in [0.15, 0.2) is 12.6 Å². The van der Waals surface area contributed by atoms with Gasteiger partial charge in [-0.25, -0.2) is 0 Å². The molecular formula is C26H50O13. The lowest BCUT2D eigenvalue weighted by Gasteiger charge is -2.42. The van der Waals surface area contributed by atoms with Crippen LogP contribution in [0.3, 0.4) is 0 Å². The van der Waals surface area contributed by atoms with Crippen LogP contribution in [-0.2, 0) is 19.1 Å². The Balaban J connectivity index is 0.000000794. The summed E-state index contributed by atoms with van der Waals surface area (Å²) in [4.78, 5) is 20.8. The molecule has 13 nitrogen and oxygen atoms in total. The van der Waals surface area contributed by atoms with Gasteiger partial charge in [-0.1, -0.05) is 71.1 Å². The summed E-state index contributed by atoms with van der Waals surface area (Å²) in [5.74, 6) is -0.657. The highest BCUT2D eigenvalue weighted by Gasteiger charge is 2.46. The molecule has 9 atom stereocenters. The summed E-state index contributed by atoms with van der Waals surface area (Å²) in [6, 6.07) is 0. The van der Waals surface area contributed by atoms with Gasteiger partial charge >= 0.3 is 5.97 Å². The monoisotopic (exact) mass is 570 g/mol. The van der Waals surface area contributed by atoms with E-state index in [1.54, 1.807) is 0 Å². The maximum Gasteiger partial charge on any atom is 0.303 e. The minimum absolute atomic E-state index is 0.0294. The predicted octanol–water partition coefficient (Wildman–Crippen LogP) is -0.782. The van der Waals surface area contributed by atoms with E-state index in [4.69, 9.17) is 24.8 Å². The number of hydrogen-bond acceptors (Lipinski definition) is 12. The van der Waals surface area contributed by atoms with Gasteiger partial charge in [0.1, 0.15) is 48.8 Å². The number of carbonyl (C=O) groups is 2. The molecule has 0 amide bonds. The Morgan fingerprint density at radius 3 is 1.79 bits per heavy atom. The number of carboxylic acid groups (broad SMARTS) is 1. The first-order chi connectivity index (χ1) is 18.5. The molecule has 1 saturated heterocycles. The smallest absolute Gasteiger partial charge is 0.303 e. The number of aliphatic hydroxyl groups is 8. The molecule has 13 heteroatoms. The standard InChI is InChI=1S/C14H28O2.C12H22O11/c1-2-3-4-5-6-7-8-9-10-11-12-13-14(15)16;13-1-4(16)7(18)11(5(17)2-14)23-12-10(21)9(20)8(19)6(3-15)22-12/h2-13H2,1H3,(H,15,16);1,4-12,14-21H,2-3H2. The third-order valence-corrected chi connectivity index (χ3v) is 6.53. The van der Waals surface area contributed by atoms with E-state index in [1.165, 1.54) is 57.8 Å². The van der Waals surface area contributed by atoms with E-state index >= 15 is 0 Å². The largest absolute Gasteiger partial charge is 0.481 e. The molecule has 0 aromatic rings. The molecule has 1 rings (SSSR count). The molecule has 232 valence electrons. The molecule has 0 aromatic carbocycles. The molecule has 0 saturated carbocycles. The highest BCUT2D eigenvalue weighted by Crippen LogP contribution is 2.24. The third-order valence-electron chi connectivity index (χ3n) is 6.53. The van der Waals surface area contributed by atoms with Crippen molar-refractivity contribution in [2.75, 3.05) is 13.2 Å². The fourth-order valence-electron chi connectivity index (χ4n) is 4.05. The van der Waals surface area contributed by atoms with E-state index < -0.39 is 74.3 Å². The summed E-state index contributed by atoms with van der Waals surface area (Å²) in [7, 11) is 0. The molecular weight excluding hydrogens is 520 g/mol. The lowest BCUT2D eigenvalue weighted by molar-refractivity contribution is -0.326. The SMILES string of the molecule is CCCCCCCCCCCCCC(=O)O.O=CC(O)C(O)C(OC1OC(CO)C(O)C(O)C1O)C(O)CO. The van der Waals surface area contributed by atoms with Crippen LogP contribution in [0.4, 0.5) is 0 Å². The van der Waals surface area contributed by atoms with E-state index in [9.17, 15) is 40.2 Å². The van der Waals surface area contributed by atoms with Crippen molar-refractivity contribution < 1.29 is 65.0 Å². The van der Waals surface area contributed by atoms with Crippen LogP contribution < -0.4 is 0 Å². The second-order valence-corrected chi connectivity index (χ2v) is 9.84. The molecule has 1 heterocycles. The first kappa shape index (κ1) is 37.7. The van der Waals surface area contributed by atoms with Crippen molar-refractivity contribution in [2.45, 2.75) is 139 Å². The van der Waals surface area contributed by atoms with Crippen LogP contribution in [0.25, 0.3) is 0 Å². The minimum Gasteiger partial charge on any atom is -0.481 e. The van der Waals surface area contributed by atoms with Crippen molar-refractivity contribution in [1.82, 2.24) is 0 Å². The van der Waals surface area contributed by atoms with Crippen LogP contribution in [0.5, 0.6) is 0 Å². The molecule has 0 radical (unpaired) electrons. The zero-order valence-corrected chi connectivity index (χ0v) is 22.8. The minimum atomic E-state index is -1.97. The van der Waals surface area contributed by atoms with E-state index in [1.807, 2.05) is 0 Å². The summed E-state index contributed by atoms with van der Waals surface area (Å²) in [6.45, 7) is 0.611. The van der Waals surface area contributed by atoms with Gasteiger partial charge in [-0.2, -0.15) is 0 Å². The third kappa shape index (κ3) is 15.4. The van der Waals surface area contributed by atoms with E-state index in [-0.39, 0.29) is 6.29 Å². The van der Waals surface area contributed by atoms with Crippen LogP contribution in [-0.4, -0.2) is 127 Å². The van der Waals surface area contributed by atoms with Gasteiger partial charge in [-0.15, -0.1) is 0 Å². The maximum atomic E-state index is 10.5. The summed E-state index contributed by atoms with van der Waals surface area (Å²) >= 11 is 0. The van der Waals surface area contributed by atoms with Gasteiger partial charge in [0.2, 0.25) is 0 Å². The van der Waals surface area contributed by atoms with E-state index in [2.05, 4.69) is 6.92 Å². The van der Waals surface area contributed by atoms with E-state index in [0.717, 1.165) is 12.8 Å². The van der Waals surface area contributed by atoms with Crippen LogP contribution >= 0.6 is 0 Å². The van der Waals surface area contributed by atoms with Crippen molar-refractivity contribution >= 4 is 12.3 Å². The normalized spacial score (nSPS) is 26.1. The van der Waals surface area contributed by atoms with Crippen LogP contribution in [0.2, 0.25) is 0 Å². The lowest BCUT2D eigenvalue weighted by Crippen LogP contribution is -2.61. The second kappa shape index (κ2) is 22.4. The topological polar surface area (TPSA) is 235 Å². The Hall–Kier alpha value is -1.26. The van der Waals surface area contributed by atoms with Crippen LogP contribution in [0, 0.1) is 0 Å². The van der Waals surface area contributed by atoms with Crippen molar-refractivity contribution in [3.63, 3.8) is 0 Å². The highest BCUT2D eigenvalue weighted by atomic mass is 16.7. The first-order valence-corrected chi connectivity index (χ1v) is 13.8. The number of ether oxygens (including phenoxy) is 2. The molecule has 1 fully saturated rings. The number of hydrogen-bond donors (Lipinski definition) is 9. The number of aliphatic hydroxyl groups excluding tert-OH is 8. The van der Waals surface area contributed by atoms with Gasteiger partial charge in [-0.05, 0) is 6.42 Å². The van der Waals surface area contributed by atoms with Crippen molar-refractivity contribution in [1.29, 1.82) is 0 Å². The Kier molecular flexibility index (Phi) is 21.7. The number of carbonyl (C=O) groups excluding carboxylic acids is 1. The van der Waals surface area contributed by atoms with Gasteiger partial charge in [0.25, 0.3) is 0 Å². The molecule has 0 aliphatic carbocycles. The van der Waals surface area contributed by atoms with Gasteiger partial charge in [0, 0.05) is 6.42 Å². The molecule has 0 aromatic heterocycles. The van der Waals surface area contributed by atoms with Gasteiger partial charge in [0.05, 0.1) is 13.2 Å². The Bertz CT molecular complexity index is 621. The number of unbranched alkanes of at least 4 members (excludes halogenated alkanes) is 10. The van der Waals surface area contributed by atoms with Crippen molar-refractivity contribution in [3.8, 4) is 0 Å². The Morgan fingerprint density at radius 1 is 0.846 bits per heavy atom. The van der Waals surface area contributed by atoms with Crippen molar-refractivity contribution in [3.05, 3.63) is 0 Å². The molecule has 0 spiro atoms. The average molecular weight is 571 g/mol. The second-order valence-electron chi connectivity index (χ2n) is 9.84. The van der Waals surface area contributed by atoms with Crippen molar-refractivity contribution in [2.24, 2.45) is 0 Å². The number of aldehydes is 1. The average Bonchev–Trinajstić information content (AvgIpc) is 2.93. The highest BCUT2D eigenvalue weighted by molar-refractivity contribution is 5.66. The Labute approximate surface area is 230 Å². The quantitative estimate of drug-likeness (QED) is 0.0646. The molecule has 9 N–H and O–H groups in total. The van der Waals surface area contributed by atoms with E-state index in [0.29, 0.717) is 6.42 Å². The summed E-state index contributed by atoms with van der Waals surface area (Å²) in [6.07, 6.45) is -1.34. The fraction of sp³-hybridized carbons (Fsp3) is 0.923. The summed E-state index contributed by atoms with van der Waals surface area (Å²) < 4.78 is 10.1. The first-order valence-electron chi connectivity index (χ1n) is 13.8. The number of carboxylic acids is 1. The van der Waals surface area contributed by atoms with Gasteiger partial charge < -0.3 is 60.2 Å². The molecule has 0 bridgehead atoms. The van der Waals surface area contributed by atoms with Gasteiger partial charge in [-0.3, -0.25) is 4.79 Å². The summed E-state index contributed by atoms with van der Waals surface area (Å²) in [5, 5.41) is 84.2. The predicted molar refractivity (Wildman–Crippen MR) is 139 cm³/mol. The zero-order chi connectivity index (χ0) is 29.8. The lowest BCUT2D eigenvalue weighted by atomic mass is 9.98. The molecule has 9 unspecified atom stereocenters. The fourth-order valence-corrected chi connectivity index (χ4v) is 4.05. The maximum absolute atomic E-state index is 10.5. The molecule has 39 heavy (non-hydrogen) atoms. The summed E-state index contributed by atoms with van der Waals surface area (Å²) in [5.41, 5.74) is 0.